The Morgan fingerprint density at radius 3 is 2.46 bits per heavy atom. The Balaban J connectivity index is 1.75. The average molecular weight is 365 g/mol. The molecule has 0 saturated heterocycles. The summed E-state index contributed by atoms with van der Waals surface area (Å²) in [7, 11) is 0. The van der Waals surface area contributed by atoms with E-state index in [0.29, 0.717) is 5.11 Å². The van der Waals surface area contributed by atoms with Crippen LogP contribution in [0.15, 0.2) is 48.5 Å². The molecule has 0 radical (unpaired) electrons. The molecule has 134 valence electrons. The van der Waals surface area contributed by atoms with Crippen molar-refractivity contribution in [1.82, 2.24) is 9.78 Å². The summed E-state index contributed by atoms with van der Waals surface area (Å²) in [6.45, 7) is 8.94. The molecule has 3 rings (SSSR count). The molecule has 0 bridgehead atoms. The molecule has 0 fully saturated rings. The van der Waals surface area contributed by atoms with Gasteiger partial charge in [0.1, 0.15) is 0 Å². The summed E-state index contributed by atoms with van der Waals surface area (Å²) in [5.74, 6) is 0. The smallest absolute Gasteiger partial charge is 0.175 e. The molecule has 1 aromatic heterocycles. The van der Waals surface area contributed by atoms with Crippen molar-refractivity contribution in [2.24, 2.45) is 0 Å². The van der Waals surface area contributed by atoms with Crippen LogP contribution >= 0.6 is 12.2 Å². The van der Waals surface area contributed by atoms with E-state index < -0.39 is 0 Å². The van der Waals surface area contributed by atoms with E-state index in [1.807, 2.05) is 29.8 Å². The van der Waals surface area contributed by atoms with Crippen molar-refractivity contribution in [3.63, 3.8) is 0 Å². The van der Waals surface area contributed by atoms with E-state index in [-0.39, 0.29) is 0 Å². The second-order valence-corrected chi connectivity index (χ2v) is 6.99. The maximum atomic E-state index is 5.52. The molecule has 2 N–H and O–H groups in total. The maximum absolute atomic E-state index is 5.52. The standard InChI is InChI=1S/C21H24N4S/c1-14-10-11-15(2)19(12-14)22-21(26)23-20-16(3)24-25(17(20)4)13-18-8-6-5-7-9-18/h5-12H,13H2,1-4H3,(H2,22,23,26). The van der Waals surface area contributed by atoms with Crippen molar-refractivity contribution in [2.45, 2.75) is 34.2 Å². The highest BCUT2D eigenvalue weighted by atomic mass is 32.1. The third-order valence-corrected chi connectivity index (χ3v) is 4.64. The topological polar surface area (TPSA) is 41.9 Å². The lowest BCUT2D eigenvalue weighted by Crippen LogP contribution is -2.20. The summed E-state index contributed by atoms with van der Waals surface area (Å²) in [5, 5.41) is 11.9. The van der Waals surface area contributed by atoms with Crippen molar-refractivity contribution in [3.8, 4) is 0 Å². The predicted octanol–water partition coefficient (Wildman–Crippen LogP) is 4.97. The first-order valence-electron chi connectivity index (χ1n) is 8.67. The average Bonchev–Trinajstić information content (AvgIpc) is 2.86. The van der Waals surface area contributed by atoms with Crippen LogP contribution in [0.2, 0.25) is 0 Å². The Morgan fingerprint density at radius 2 is 1.73 bits per heavy atom. The Kier molecular flexibility index (Phi) is 5.38. The zero-order valence-corrected chi connectivity index (χ0v) is 16.4. The van der Waals surface area contributed by atoms with Crippen LogP contribution in [-0.4, -0.2) is 14.9 Å². The van der Waals surface area contributed by atoms with Crippen molar-refractivity contribution in [2.75, 3.05) is 10.6 Å². The van der Waals surface area contributed by atoms with Gasteiger partial charge in [-0.3, -0.25) is 4.68 Å². The second kappa shape index (κ2) is 7.70. The molecule has 5 heteroatoms. The van der Waals surface area contributed by atoms with Gasteiger partial charge in [0.15, 0.2) is 5.11 Å². The van der Waals surface area contributed by atoms with Crippen LogP contribution < -0.4 is 10.6 Å². The van der Waals surface area contributed by atoms with Crippen molar-refractivity contribution in [3.05, 3.63) is 76.6 Å². The number of benzene rings is 2. The summed E-state index contributed by atoms with van der Waals surface area (Å²) in [4.78, 5) is 0. The second-order valence-electron chi connectivity index (χ2n) is 6.59. The number of anilines is 2. The fourth-order valence-corrected chi connectivity index (χ4v) is 3.14. The molecule has 0 amide bonds. The van der Waals surface area contributed by atoms with Crippen LogP contribution in [-0.2, 0) is 6.54 Å². The molecule has 0 aliphatic rings. The van der Waals surface area contributed by atoms with Crippen LogP contribution in [0.1, 0.15) is 28.1 Å². The minimum atomic E-state index is 0.573. The van der Waals surface area contributed by atoms with Gasteiger partial charge in [0, 0.05) is 5.69 Å². The number of aryl methyl sites for hydroxylation is 3. The van der Waals surface area contributed by atoms with Gasteiger partial charge in [-0.15, -0.1) is 0 Å². The number of hydrogen-bond acceptors (Lipinski definition) is 2. The van der Waals surface area contributed by atoms with E-state index in [1.54, 1.807) is 0 Å². The van der Waals surface area contributed by atoms with Crippen LogP contribution in [0.25, 0.3) is 0 Å². The van der Waals surface area contributed by atoms with Gasteiger partial charge < -0.3 is 10.6 Å². The number of rotatable bonds is 4. The molecule has 1 heterocycles. The number of nitrogens with zero attached hydrogens (tertiary/aromatic N) is 2. The molecule has 26 heavy (non-hydrogen) atoms. The third kappa shape index (κ3) is 4.11. The SMILES string of the molecule is Cc1ccc(C)c(NC(=S)Nc2c(C)nn(Cc3ccccc3)c2C)c1. The summed E-state index contributed by atoms with van der Waals surface area (Å²) < 4.78 is 2.01. The van der Waals surface area contributed by atoms with Gasteiger partial charge in [-0.1, -0.05) is 42.5 Å². The highest BCUT2D eigenvalue weighted by Gasteiger charge is 2.13. The quantitative estimate of drug-likeness (QED) is 0.641. The summed E-state index contributed by atoms with van der Waals surface area (Å²) in [6, 6.07) is 16.6. The first-order chi connectivity index (χ1) is 12.4. The lowest BCUT2D eigenvalue weighted by Gasteiger charge is -2.13. The number of thiocarbonyl (C=S) groups is 1. The first-order valence-corrected chi connectivity index (χ1v) is 9.08. The molecule has 0 spiro atoms. The zero-order valence-electron chi connectivity index (χ0n) is 15.6. The van der Waals surface area contributed by atoms with Crippen LogP contribution in [0.3, 0.4) is 0 Å². The van der Waals surface area contributed by atoms with Gasteiger partial charge in [0.2, 0.25) is 0 Å². The largest absolute Gasteiger partial charge is 0.332 e. The van der Waals surface area contributed by atoms with Crippen LogP contribution in [0.5, 0.6) is 0 Å². The highest BCUT2D eigenvalue weighted by molar-refractivity contribution is 7.80. The van der Waals surface area contributed by atoms with Gasteiger partial charge in [-0.2, -0.15) is 5.10 Å². The lowest BCUT2D eigenvalue weighted by atomic mass is 10.1. The molecule has 2 aromatic carbocycles. The Labute approximate surface area is 160 Å². The molecule has 0 unspecified atom stereocenters. The highest BCUT2D eigenvalue weighted by Crippen LogP contribution is 2.22. The minimum Gasteiger partial charge on any atom is -0.332 e. The van der Waals surface area contributed by atoms with E-state index in [4.69, 9.17) is 12.2 Å². The van der Waals surface area contributed by atoms with Gasteiger partial charge in [0.05, 0.1) is 23.6 Å². The minimum absolute atomic E-state index is 0.573. The summed E-state index contributed by atoms with van der Waals surface area (Å²) in [5.41, 5.74) is 7.57. The molecule has 0 aliphatic heterocycles. The lowest BCUT2D eigenvalue weighted by molar-refractivity contribution is 0.659. The predicted molar refractivity (Wildman–Crippen MR) is 113 cm³/mol. The fourth-order valence-electron chi connectivity index (χ4n) is 2.93. The molecule has 0 atom stereocenters. The van der Waals surface area contributed by atoms with Crippen molar-refractivity contribution < 1.29 is 0 Å². The Morgan fingerprint density at radius 1 is 1.00 bits per heavy atom. The Hall–Kier alpha value is -2.66. The van der Waals surface area contributed by atoms with E-state index in [1.165, 1.54) is 11.1 Å². The van der Waals surface area contributed by atoms with Gasteiger partial charge in [0.25, 0.3) is 0 Å². The fraction of sp³-hybridized carbons (Fsp3) is 0.238. The van der Waals surface area contributed by atoms with Crippen LogP contribution in [0, 0.1) is 27.7 Å². The van der Waals surface area contributed by atoms with E-state index >= 15 is 0 Å². The molecule has 3 aromatic rings. The monoisotopic (exact) mass is 364 g/mol. The van der Waals surface area contributed by atoms with Crippen molar-refractivity contribution in [1.29, 1.82) is 0 Å². The van der Waals surface area contributed by atoms with E-state index in [0.717, 1.165) is 34.9 Å². The summed E-state index contributed by atoms with van der Waals surface area (Å²) in [6.07, 6.45) is 0. The van der Waals surface area contributed by atoms with E-state index in [2.05, 4.69) is 66.8 Å². The van der Waals surface area contributed by atoms with Crippen molar-refractivity contribution >= 4 is 28.7 Å². The number of aromatic nitrogens is 2. The van der Waals surface area contributed by atoms with E-state index in [9.17, 15) is 0 Å². The number of nitrogens with one attached hydrogen (secondary N) is 2. The van der Waals surface area contributed by atoms with Gasteiger partial charge >= 0.3 is 0 Å². The Bertz CT molecular complexity index is 929. The molecular formula is C21H24N4S. The third-order valence-electron chi connectivity index (χ3n) is 4.44. The zero-order chi connectivity index (χ0) is 18.7. The summed E-state index contributed by atoms with van der Waals surface area (Å²) >= 11 is 5.52. The van der Waals surface area contributed by atoms with Crippen LogP contribution in [0.4, 0.5) is 11.4 Å². The molecule has 0 aliphatic carbocycles. The van der Waals surface area contributed by atoms with Gasteiger partial charge in [-0.25, -0.2) is 0 Å². The number of hydrogen-bond donors (Lipinski definition) is 2. The first kappa shape index (κ1) is 18.1. The maximum Gasteiger partial charge on any atom is 0.175 e. The molecule has 0 saturated carbocycles. The molecule has 4 nitrogen and oxygen atoms in total. The normalized spacial score (nSPS) is 10.6. The van der Waals surface area contributed by atoms with Gasteiger partial charge in [-0.05, 0) is 62.7 Å². The molecular weight excluding hydrogens is 340 g/mol.